The zero-order chi connectivity index (χ0) is 17.8. The van der Waals surface area contributed by atoms with Gasteiger partial charge in [-0.1, -0.05) is 54.6 Å². The first-order chi connectivity index (χ1) is 12.8. The molecule has 4 aromatic rings. The standard InChI is InChI=1S/C22H19N3O/c1-26-21-16-18(17-8-4-2-5-9-17)12-13-20(21)23-22-14-15-25(24-22)19-10-6-3-7-11-19/h2-16H,1H3,(H,23,24). The van der Waals surface area contributed by atoms with Gasteiger partial charge in [-0.2, -0.15) is 5.10 Å². The molecule has 0 radical (unpaired) electrons. The number of rotatable bonds is 5. The highest BCUT2D eigenvalue weighted by Crippen LogP contribution is 2.32. The molecule has 4 nitrogen and oxygen atoms in total. The first kappa shape index (κ1) is 16.0. The summed E-state index contributed by atoms with van der Waals surface area (Å²) in [5.74, 6) is 1.54. The number of nitrogens with zero attached hydrogens (tertiary/aromatic N) is 2. The topological polar surface area (TPSA) is 39.1 Å². The zero-order valence-electron chi connectivity index (χ0n) is 14.5. The molecule has 4 rings (SSSR count). The predicted octanol–water partition coefficient (Wildman–Crippen LogP) is 5.29. The van der Waals surface area contributed by atoms with Crippen LogP contribution in [0.3, 0.4) is 0 Å². The van der Waals surface area contributed by atoms with Gasteiger partial charge in [-0.05, 0) is 35.4 Å². The average molecular weight is 341 g/mol. The molecule has 0 bridgehead atoms. The van der Waals surface area contributed by atoms with Gasteiger partial charge in [-0.25, -0.2) is 4.68 Å². The van der Waals surface area contributed by atoms with Crippen molar-refractivity contribution in [1.82, 2.24) is 9.78 Å². The fraction of sp³-hybridized carbons (Fsp3) is 0.0455. The minimum absolute atomic E-state index is 0.764. The Morgan fingerprint density at radius 1 is 0.808 bits per heavy atom. The second-order valence-corrected chi connectivity index (χ2v) is 5.89. The molecule has 0 fully saturated rings. The largest absolute Gasteiger partial charge is 0.495 e. The number of ether oxygens (including phenoxy) is 1. The Hall–Kier alpha value is -3.53. The molecule has 0 amide bonds. The molecule has 0 saturated heterocycles. The molecule has 26 heavy (non-hydrogen) atoms. The molecular formula is C22H19N3O. The van der Waals surface area contributed by atoms with Crippen molar-refractivity contribution in [3.8, 4) is 22.6 Å². The molecule has 4 heteroatoms. The van der Waals surface area contributed by atoms with E-state index in [1.165, 1.54) is 0 Å². The van der Waals surface area contributed by atoms with E-state index in [9.17, 15) is 0 Å². The summed E-state index contributed by atoms with van der Waals surface area (Å²) in [7, 11) is 1.68. The second-order valence-electron chi connectivity index (χ2n) is 5.89. The van der Waals surface area contributed by atoms with E-state index in [-0.39, 0.29) is 0 Å². The Balaban J connectivity index is 1.60. The molecule has 1 N–H and O–H groups in total. The van der Waals surface area contributed by atoms with Crippen molar-refractivity contribution in [2.75, 3.05) is 12.4 Å². The van der Waals surface area contributed by atoms with Crippen molar-refractivity contribution >= 4 is 11.5 Å². The predicted molar refractivity (Wildman–Crippen MR) is 105 cm³/mol. The molecular weight excluding hydrogens is 322 g/mol. The molecule has 0 aliphatic rings. The van der Waals surface area contributed by atoms with Gasteiger partial charge in [0.05, 0.1) is 18.5 Å². The number of anilines is 2. The Labute approximate surface area is 152 Å². The summed E-state index contributed by atoms with van der Waals surface area (Å²) in [5, 5.41) is 7.92. The van der Waals surface area contributed by atoms with Crippen LogP contribution in [0.1, 0.15) is 0 Å². The Morgan fingerprint density at radius 2 is 1.54 bits per heavy atom. The van der Waals surface area contributed by atoms with E-state index >= 15 is 0 Å². The number of hydrogen-bond donors (Lipinski definition) is 1. The molecule has 3 aromatic carbocycles. The lowest BCUT2D eigenvalue weighted by molar-refractivity contribution is 0.417. The van der Waals surface area contributed by atoms with E-state index in [4.69, 9.17) is 4.74 Å². The molecule has 128 valence electrons. The van der Waals surface area contributed by atoms with Crippen LogP contribution in [-0.2, 0) is 0 Å². The smallest absolute Gasteiger partial charge is 0.152 e. The Bertz CT molecular complexity index is 994. The summed E-state index contributed by atoms with van der Waals surface area (Å²) in [6.45, 7) is 0. The van der Waals surface area contributed by atoms with Gasteiger partial charge in [0.15, 0.2) is 5.82 Å². The summed E-state index contributed by atoms with van der Waals surface area (Å²) in [6, 6.07) is 28.3. The van der Waals surface area contributed by atoms with Crippen molar-refractivity contribution in [2.45, 2.75) is 0 Å². The monoisotopic (exact) mass is 341 g/mol. The summed E-state index contributed by atoms with van der Waals surface area (Å²) < 4.78 is 7.41. The third-order valence-electron chi connectivity index (χ3n) is 4.18. The zero-order valence-corrected chi connectivity index (χ0v) is 14.5. The molecule has 0 aliphatic heterocycles. The minimum atomic E-state index is 0.764. The quantitative estimate of drug-likeness (QED) is 0.536. The van der Waals surface area contributed by atoms with Crippen molar-refractivity contribution in [2.24, 2.45) is 0 Å². The van der Waals surface area contributed by atoms with Gasteiger partial charge in [-0.15, -0.1) is 0 Å². The molecule has 0 aliphatic carbocycles. The van der Waals surface area contributed by atoms with Gasteiger partial charge in [0.25, 0.3) is 0 Å². The number of nitrogens with one attached hydrogen (secondary N) is 1. The average Bonchev–Trinajstić information content (AvgIpc) is 3.18. The molecule has 1 aromatic heterocycles. The van der Waals surface area contributed by atoms with E-state index in [1.807, 2.05) is 77.6 Å². The second kappa shape index (κ2) is 7.15. The Morgan fingerprint density at radius 3 is 2.27 bits per heavy atom. The third kappa shape index (κ3) is 3.30. The first-order valence-electron chi connectivity index (χ1n) is 8.45. The summed E-state index contributed by atoms with van der Waals surface area (Å²) in [4.78, 5) is 0. The first-order valence-corrected chi connectivity index (χ1v) is 8.45. The van der Waals surface area contributed by atoms with Crippen molar-refractivity contribution < 1.29 is 4.74 Å². The number of benzene rings is 3. The molecule has 0 saturated carbocycles. The lowest BCUT2D eigenvalue weighted by atomic mass is 10.0. The summed E-state index contributed by atoms with van der Waals surface area (Å²) in [5.41, 5.74) is 4.17. The lowest BCUT2D eigenvalue weighted by Gasteiger charge is -2.11. The number of hydrogen-bond acceptors (Lipinski definition) is 3. The van der Waals surface area contributed by atoms with E-state index in [2.05, 4.69) is 28.6 Å². The third-order valence-corrected chi connectivity index (χ3v) is 4.18. The highest BCUT2D eigenvalue weighted by Gasteiger charge is 2.08. The van der Waals surface area contributed by atoms with E-state index < -0.39 is 0 Å². The van der Waals surface area contributed by atoms with E-state index in [0.717, 1.165) is 34.1 Å². The van der Waals surface area contributed by atoms with Crippen molar-refractivity contribution in [3.63, 3.8) is 0 Å². The maximum Gasteiger partial charge on any atom is 0.152 e. The number of methoxy groups -OCH3 is 1. The van der Waals surface area contributed by atoms with Gasteiger partial charge in [0.1, 0.15) is 5.75 Å². The maximum absolute atomic E-state index is 5.57. The van der Waals surface area contributed by atoms with Crippen molar-refractivity contribution in [3.05, 3.63) is 91.1 Å². The van der Waals surface area contributed by atoms with Gasteiger partial charge < -0.3 is 10.1 Å². The van der Waals surface area contributed by atoms with Crippen LogP contribution in [0.2, 0.25) is 0 Å². The minimum Gasteiger partial charge on any atom is -0.495 e. The van der Waals surface area contributed by atoms with Crippen LogP contribution in [0.25, 0.3) is 16.8 Å². The van der Waals surface area contributed by atoms with Gasteiger partial charge in [0, 0.05) is 12.3 Å². The van der Waals surface area contributed by atoms with E-state index in [1.54, 1.807) is 7.11 Å². The summed E-state index contributed by atoms with van der Waals surface area (Å²) in [6.07, 6.45) is 1.93. The lowest BCUT2D eigenvalue weighted by Crippen LogP contribution is -1.98. The Kier molecular flexibility index (Phi) is 4.39. The van der Waals surface area contributed by atoms with Crippen LogP contribution in [0, 0.1) is 0 Å². The molecule has 0 unspecified atom stereocenters. The van der Waals surface area contributed by atoms with Gasteiger partial charge in [0.2, 0.25) is 0 Å². The fourth-order valence-electron chi connectivity index (χ4n) is 2.86. The molecule has 0 spiro atoms. The van der Waals surface area contributed by atoms with E-state index in [0.29, 0.717) is 0 Å². The van der Waals surface area contributed by atoms with Crippen LogP contribution in [0.15, 0.2) is 91.1 Å². The van der Waals surface area contributed by atoms with Gasteiger partial charge >= 0.3 is 0 Å². The fourth-order valence-corrected chi connectivity index (χ4v) is 2.86. The van der Waals surface area contributed by atoms with Crippen LogP contribution in [0.5, 0.6) is 5.75 Å². The maximum atomic E-state index is 5.57. The SMILES string of the molecule is COc1cc(-c2ccccc2)ccc1Nc1ccn(-c2ccccc2)n1. The van der Waals surface area contributed by atoms with Crippen LogP contribution >= 0.6 is 0 Å². The van der Waals surface area contributed by atoms with Crippen LogP contribution in [0.4, 0.5) is 11.5 Å². The van der Waals surface area contributed by atoms with Crippen LogP contribution in [-0.4, -0.2) is 16.9 Å². The number of aromatic nitrogens is 2. The highest BCUT2D eigenvalue weighted by molar-refractivity contribution is 5.73. The van der Waals surface area contributed by atoms with Gasteiger partial charge in [-0.3, -0.25) is 0 Å². The normalized spacial score (nSPS) is 10.5. The molecule has 1 heterocycles. The summed E-state index contributed by atoms with van der Waals surface area (Å²) >= 11 is 0. The highest BCUT2D eigenvalue weighted by atomic mass is 16.5. The van der Waals surface area contributed by atoms with Crippen molar-refractivity contribution in [1.29, 1.82) is 0 Å². The van der Waals surface area contributed by atoms with Crippen LogP contribution < -0.4 is 10.1 Å². The molecule has 0 atom stereocenters. The number of para-hydroxylation sites is 1.